The summed E-state index contributed by atoms with van der Waals surface area (Å²) < 4.78 is 11.6. The summed E-state index contributed by atoms with van der Waals surface area (Å²) in [6, 6.07) is 4.79. The van der Waals surface area contributed by atoms with Gasteiger partial charge in [0.15, 0.2) is 11.5 Å². The van der Waals surface area contributed by atoms with E-state index in [9.17, 15) is 0 Å². The molecule has 1 aliphatic rings. The minimum Gasteiger partial charge on any atom is -0.493 e. The Bertz CT molecular complexity index is 468. The summed E-state index contributed by atoms with van der Waals surface area (Å²) >= 11 is 3.54. The molecule has 1 aliphatic heterocycles. The molecule has 1 aromatic carbocycles. The number of rotatable bonds is 7. The molecular weight excluding hydrogens is 332 g/mol. The quantitative estimate of drug-likeness (QED) is 0.813. The number of likely N-dealkylation sites (N-methyl/N-ethyl adjacent to an activating group) is 1. The molecule has 21 heavy (non-hydrogen) atoms. The second-order valence-electron chi connectivity index (χ2n) is 5.37. The Hall–Kier alpha value is -0.780. The van der Waals surface area contributed by atoms with Crippen LogP contribution in [-0.2, 0) is 6.54 Å². The van der Waals surface area contributed by atoms with Gasteiger partial charge in [0.1, 0.15) is 0 Å². The Labute approximate surface area is 135 Å². The van der Waals surface area contributed by atoms with Gasteiger partial charge in [0.05, 0.1) is 18.7 Å². The second-order valence-corrected chi connectivity index (χ2v) is 6.22. The number of hydrogen-bond acceptors (Lipinski definition) is 4. The van der Waals surface area contributed by atoms with Gasteiger partial charge in [-0.15, -0.1) is 0 Å². The van der Waals surface area contributed by atoms with Crippen LogP contribution in [0.15, 0.2) is 16.6 Å². The van der Waals surface area contributed by atoms with Gasteiger partial charge in [0.25, 0.3) is 0 Å². The van der Waals surface area contributed by atoms with Gasteiger partial charge in [0.2, 0.25) is 0 Å². The predicted octanol–water partition coefficient (Wildman–Crippen LogP) is 3.04. The lowest BCUT2D eigenvalue weighted by atomic mass is 10.2. The van der Waals surface area contributed by atoms with Crippen LogP contribution < -0.4 is 14.8 Å². The molecule has 0 unspecified atom stereocenters. The Morgan fingerprint density at radius 1 is 1.33 bits per heavy atom. The standard InChI is InChI=1S/C16H25BrN2O2/c1-4-19-7-5-6-13(19)11-18-10-12-8-14(17)16(21-3)15(9-12)20-2/h8-9,13,18H,4-7,10-11H2,1-3H3/t13-/m1/s1. The number of likely N-dealkylation sites (tertiary alicyclic amines) is 1. The van der Waals surface area contributed by atoms with Crippen molar-refractivity contribution < 1.29 is 9.47 Å². The Kier molecular flexibility index (Phi) is 6.33. The smallest absolute Gasteiger partial charge is 0.174 e. The molecule has 0 aromatic heterocycles. The molecule has 0 saturated carbocycles. The average molecular weight is 357 g/mol. The summed E-state index contributed by atoms with van der Waals surface area (Å²) in [7, 11) is 3.32. The number of halogens is 1. The van der Waals surface area contributed by atoms with E-state index in [2.05, 4.69) is 39.1 Å². The first-order chi connectivity index (χ1) is 10.2. The lowest BCUT2D eigenvalue weighted by Gasteiger charge is -2.23. The number of nitrogens with one attached hydrogen (secondary N) is 1. The van der Waals surface area contributed by atoms with E-state index in [1.165, 1.54) is 24.9 Å². The predicted molar refractivity (Wildman–Crippen MR) is 89.2 cm³/mol. The van der Waals surface area contributed by atoms with E-state index in [1.54, 1.807) is 14.2 Å². The summed E-state index contributed by atoms with van der Waals surface area (Å²) in [5.74, 6) is 1.51. The van der Waals surface area contributed by atoms with Gasteiger partial charge in [-0.2, -0.15) is 0 Å². The van der Waals surface area contributed by atoms with Crippen LogP contribution in [0.1, 0.15) is 25.3 Å². The van der Waals surface area contributed by atoms with Crippen LogP contribution in [0.5, 0.6) is 11.5 Å². The Balaban J connectivity index is 1.92. The number of nitrogens with zero attached hydrogens (tertiary/aromatic N) is 1. The lowest BCUT2D eigenvalue weighted by Crippen LogP contribution is -2.37. The van der Waals surface area contributed by atoms with Gasteiger partial charge >= 0.3 is 0 Å². The zero-order valence-electron chi connectivity index (χ0n) is 13.1. The van der Waals surface area contributed by atoms with Crippen molar-refractivity contribution in [2.75, 3.05) is 33.9 Å². The van der Waals surface area contributed by atoms with E-state index in [4.69, 9.17) is 9.47 Å². The van der Waals surface area contributed by atoms with Crippen LogP contribution >= 0.6 is 15.9 Å². The molecule has 2 rings (SSSR count). The van der Waals surface area contributed by atoms with Gasteiger partial charge in [-0.05, 0) is 59.6 Å². The fourth-order valence-corrected chi connectivity index (χ4v) is 3.65. The molecule has 1 saturated heterocycles. The monoisotopic (exact) mass is 356 g/mol. The fraction of sp³-hybridized carbons (Fsp3) is 0.625. The Morgan fingerprint density at radius 3 is 2.81 bits per heavy atom. The molecule has 0 bridgehead atoms. The molecular formula is C16H25BrN2O2. The summed E-state index contributed by atoms with van der Waals surface area (Å²) in [6.45, 7) is 6.51. The van der Waals surface area contributed by atoms with Crippen LogP contribution in [-0.4, -0.2) is 44.8 Å². The molecule has 1 heterocycles. The zero-order valence-corrected chi connectivity index (χ0v) is 14.7. The summed E-state index contributed by atoms with van der Waals surface area (Å²) in [5.41, 5.74) is 1.19. The van der Waals surface area contributed by atoms with Crippen LogP contribution in [0.25, 0.3) is 0 Å². The maximum atomic E-state index is 5.38. The fourth-order valence-electron chi connectivity index (χ4n) is 3.00. The maximum absolute atomic E-state index is 5.38. The minimum absolute atomic E-state index is 0.679. The summed E-state index contributed by atoms with van der Waals surface area (Å²) in [6.07, 6.45) is 2.62. The third-order valence-electron chi connectivity index (χ3n) is 4.11. The first-order valence-corrected chi connectivity index (χ1v) is 8.34. The topological polar surface area (TPSA) is 33.7 Å². The van der Waals surface area contributed by atoms with Crippen molar-refractivity contribution in [3.63, 3.8) is 0 Å². The number of hydrogen-bond donors (Lipinski definition) is 1. The van der Waals surface area contributed by atoms with Gasteiger partial charge in [-0.1, -0.05) is 6.92 Å². The van der Waals surface area contributed by atoms with Crippen molar-refractivity contribution in [1.82, 2.24) is 10.2 Å². The van der Waals surface area contributed by atoms with E-state index in [0.29, 0.717) is 6.04 Å². The number of methoxy groups -OCH3 is 2. The highest BCUT2D eigenvalue weighted by molar-refractivity contribution is 9.10. The molecule has 1 N–H and O–H groups in total. The molecule has 4 nitrogen and oxygen atoms in total. The summed E-state index contributed by atoms with van der Waals surface area (Å²) in [4.78, 5) is 2.55. The van der Waals surface area contributed by atoms with Crippen LogP contribution in [0.3, 0.4) is 0 Å². The summed E-state index contributed by atoms with van der Waals surface area (Å²) in [5, 5.41) is 3.57. The molecule has 0 spiro atoms. The van der Waals surface area contributed by atoms with E-state index in [1.807, 2.05) is 6.07 Å². The molecule has 1 fully saturated rings. The van der Waals surface area contributed by atoms with Gasteiger partial charge in [-0.3, -0.25) is 4.90 Å². The van der Waals surface area contributed by atoms with E-state index < -0.39 is 0 Å². The second kappa shape index (κ2) is 8.01. The van der Waals surface area contributed by atoms with E-state index in [-0.39, 0.29) is 0 Å². The molecule has 0 amide bonds. The van der Waals surface area contributed by atoms with Crippen molar-refractivity contribution in [1.29, 1.82) is 0 Å². The molecule has 0 radical (unpaired) electrons. The third-order valence-corrected chi connectivity index (χ3v) is 4.70. The maximum Gasteiger partial charge on any atom is 0.174 e. The number of benzene rings is 1. The first kappa shape index (κ1) is 16.6. The normalized spacial score (nSPS) is 19.0. The van der Waals surface area contributed by atoms with Crippen molar-refractivity contribution in [2.24, 2.45) is 0 Å². The van der Waals surface area contributed by atoms with E-state index in [0.717, 1.165) is 35.6 Å². The Morgan fingerprint density at radius 2 is 2.14 bits per heavy atom. The lowest BCUT2D eigenvalue weighted by molar-refractivity contribution is 0.260. The first-order valence-electron chi connectivity index (χ1n) is 7.54. The highest BCUT2D eigenvalue weighted by atomic mass is 79.9. The van der Waals surface area contributed by atoms with Crippen molar-refractivity contribution in [3.8, 4) is 11.5 Å². The van der Waals surface area contributed by atoms with Crippen molar-refractivity contribution in [2.45, 2.75) is 32.4 Å². The molecule has 1 aromatic rings. The molecule has 118 valence electrons. The number of ether oxygens (including phenoxy) is 2. The van der Waals surface area contributed by atoms with E-state index >= 15 is 0 Å². The molecule has 0 aliphatic carbocycles. The molecule has 5 heteroatoms. The zero-order chi connectivity index (χ0) is 15.2. The van der Waals surface area contributed by atoms with Gasteiger partial charge < -0.3 is 14.8 Å². The van der Waals surface area contributed by atoms with Crippen LogP contribution in [0.4, 0.5) is 0 Å². The highest BCUT2D eigenvalue weighted by Crippen LogP contribution is 2.36. The third kappa shape index (κ3) is 4.11. The average Bonchev–Trinajstić information content (AvgIpc) is 2.94. The SMILES string of the molecule is CCN1CCC[C@@H]1CNCc1cc(Br)c(OC)c(OC)c1. The highest BCUT2D eigenvalue weighted by Gasteiger charge is 2.22. The van der Waals surface area contributed by atoms with Crippen LogP contribution in [0.2, 0.25) is 0 Å². The van der Waals surface area contributed by atoms with Gasteiger partial charge in [0, 0.05) is 19.1 Å². The minimum atomic E-state index is 0.679. The van der Waals surface area contributed by atoms with Crippen LogP contribution in [0, 0.1) is 0 Å². The molecule has 1 atom stereocenters. The van der Waals surface area contributed by atoms with Gasteiger partial charge in [-0.25, -0.2) is 0 Å². The van der Waals surface area contributed by atoms with Crippen molar-refractivity contribution >= 4 is 15.9 Å². The largest absolute Gasteiger partial charge is 0.493 e. The van der Waals surface area contributed by atoms with Crippen molar-refractivity contribution in [3.05, 3.63) is 22.2 Å².